The maximum Gasteiger partial charge on any atom is 0.330 e. The van der Waals surface area contributed by atoms with Crippen LogP contribution in [0, 0.1) is 13.8 Å². The van der Waals surface area contributed by atoms with Crippen molar-refractivity contribution >= 4 is 5.97 Å². The number of rotatable bonds is 4. The van der Waals surface area contributed by atoms with Crippen molar-refractivity contribution in [1.29, 1.82) is 0 Å². The van der Waals surface area contributed by atoms with Crippen molar-refractivity contribution in [2.75, 3.05) is 7.11 Å². The molecule has 2 heteroatoms. The summed E-state index contributed by atoms with van der Waals surface area (Å²) in [4.78, 5) is 11.1. The van der Waals surface area contributed by atoms with Crippen LogP contribution in [0.1, 0.15) is 36.0 Å². The Bertz CT molecular complexity index is 399. The number of esters is 1. The standard InChI is InChI=1S/C15H20O2/c1-5-13(9-10-14(16)17-4)15-11(2)7-6-8-12(15)3/h6-10,13H,5H2,1-4H3/b10-9+. The van der Waals surface area contributed by atoms with Gasteiger partial charge in [0.1, 0.15) is 0 Å². The fourth-order valence-electron chi connectivity index (χ4n) is 2.11. The third-order valence-electron chi connectivity index (χ3n) is 3.02. The lowest BCUT2D eigenvalue weighted by Gasteiger charge is -2.16. The minimum Gasteiger partial charge on any atom is -0.466 e. The molecule has 1 atom stereocenters. The summed E-state index contributed by atoms with van der Waals surface area (Å²) in [5.41, 5.74) is 3.85. The predicted molar refractivity (Wildman–Crippen MR) is 70.1 cm³/mol. The maximum absolute atomic E-state index is 11.1. The smallest absolute Gasteiger partial charge is 0.330 e. The zero-order valence-electron chi connectivity index (χ0n) is 11.0. The number of hydrogen-bond donors (Lipinski definition) is 0. The van der Waals surface area contributed by atoms with Crippen LogP contribution in [0.3, 0.4) is 0 Å². The van der Waals surface area contributed by atoms with E-state index >= 15 is 0 Å². The number of hydrogen-bond acceptors (Lipinski definition) is 2. The molecule has 0 radical (unpaired) electrons. The summed E-state index contributed by atoms with van der Waals surface area (Å²) in [6, 6.07) is 6.28. The van der Waals surface area contributed by atoms with Gasteiger partial charge < -0.3 is 4.74 Å². The summed E-state index contributed by atoms with van der Waals surface area (Å²) in [6.45, 7) is 6.34. The number of allylic oxidation sites excluding steroid dienone is 1. The lowest BCUT2D eigenvalue weighted by atomic mass is 9.88. The topological polar surface area (TPSA) is 26.3 Å². The molecule has 1 aromatic carbocycles. The molecule has 0 spiro atoms. The third-order valence-corrected chi connectivity index (χ3v) is 3.02. The van der Waals surface area contributed by atoms with Crippen molar-refractivity contribution < 1.29 is 9.53 Å². The molecular weight excluding hydrogens is 212 g/mol. The van der Waals surface area contributed by atoms with E-state index in [1.807, 2.05) is 6.08 Å². The van der Waals surface area contributed by atoms with Gasteiger partial charge in [-0.1, -0.05) is 31.2 Å². The Labute approximate surface area is 103 Å². The monoisotopic (exact) mass is 232 g/mol. The molecule has 0 heterocycles. The number of ether oxygens (including phenoxy) is 1. The first-order chi connectivity index (χ1) is 8.10. The van der Waals surface area contributed by atoms with Crippen molar-refractivity contribution in [2.24, 2.45) is 0 Å². The summed E-state index contributed by atoms with van der Waals surface area (Å²) in [7, 11) is 1.40. The molecule has 1 aromatic rings. The highest BCUT2D eigenvalue weighted by Gasteiger charge is 2.11. The van der Waals surface area contributed by atoms with Crippen LogP contribution in [0.25, 0.3) is 0 Å². The average Bonchev–Trinajstić information content (AvgIpc) is 2.32. The molecule has 0 N–H and O–H groups in total. The van der Waals surface area contributed by atoms with Gasteiger partial charge in [0.25, 0.3) is 0 Å². The van der Waals surface area contributed by atoms with E-state index in [0.29, 0.717) is 0 Å². The lowest BCUT2D eigenvalue weighted by Crippen LogP contribution is -2.02. The van der Waals surface area contributed by atoms with Gasteiger partial charge in [-0.3, -0.25) is 0 Å². The van der Waals surface area contributed by atoms with Crippen molar-refractivity contribution in [3.63, 3.8) is 0 Å². The Morgan fingerprint density at radius 1 is 1.35 bits per heavy atom. The normalized spacial score (nSPS) is 12.7. The van der Waals surface area contributed by atoms with Crippen molar-refractivity contribution in [3.8, 4) is 0 Å². The van der Waals surface area contributed by atoms with Crippen LogP contribution in [0.2, 0.25) is 0 Å². The highest BCUT2D eigenvalue weighted by atomic mass is 16.5. The number of carbonyl (C=O) groups is 1. The molecule has 1 unspecified atom stereocenters. The number of benzene rings is 1. The van der Waals surface area contributed by atoms with Crippen LogP contribution in [0.15, 0.2) is 30.4 Å². The Hall–Kier alpha value is -1.57. The van der Waals surface area contributed by atoms with E-state index in [2.05, 4.69) is 43.7 Å². The van der Waals surface area contributed by atoms with Gasteiger partial charge in [-0.25, -0.2) is 4.79 Å². The van der Waals surface area contributed by atoms with Gasteiger partial charge in [0.15, 0.2) is 0 Å². The lowest BCUT2D eigenvalue weighted by molar-refractivity contribution is -0.134. The van der Waals surface area contributed by atoms with Gasteiger partial charge >= 0.3 is 5.97 Å². The van der Waals surface area contributed by atoms with E-state index in [1.54, 1.807) is 0 Å². The molecule has 0 aliphatic carbocycles. The fourth-order valence-corrected chi connectivity index (χ4v) is 2.11. The molecule has 0 saturated carbocycles. The molecule has 0 aliphatic heterocycles. The Kier molecular flexibility index (Phi) is 4.95. The van der Waals surface area contributed by atoms with Gasteiger partial charge in [-0.15, -0.1) is 0 Å². The van der Waals surface area contributed by atoms with Gasteiger partial charge in [-0.05, 0) is 37.0 Å². The molecule has 0 aliphatic rings. The van der Waals surface area contributed by atoms with Crippen LogP contribution in [0.5, 0.6) is 0 Å². The van der Waals surface area contributed by atoms with E-state index in [0.717, 1.165) is 6.42 Å². The first kappa shape index (κ1) is 13.5. The van der Waals surface area contributed by atoms with E-state index in [-0.39, 0.29) is 11.9 Å². The average molecular weight is 232 g/mol. The second kappa shape index (κ2) is 6.24. The number of carbonyl (C=O) groups excluding carboxylic acids is 1. The van der Waals surface area contributed by atoms with Crippen LogP contribution in [0.4, 0.5) is 0 Å². The summed E-state index contributed by atoms with van der Waals surface area (Å²) in [6.07, 6.45) is 4.42. The molecule has 0 saturated heterocycles. The largest absolute Gasteiger partial charge is 0.466 e. The van der Waals surface area contributed by atoms with Crippen molar-refractivity contribution in [1.82, 2.24) is 0 Å². The van der Waals surface area contributed by atoms with Crippen molar-refractivity contribution in [2.45, 2.75) is 33.1 Å². The van der Waals surface area contributed by atoms with E-state index in [1.165, 1.54) is 29.9 Å². The molecule has 0 fully saturated rings. The zero-order chi connectivity index (χ0) is 12.8. The first-order valence-corrected chi connectivity index (χ1v) is 5.92. The molecular formula is C15H20O2. The molecule has 0 bridgehead atoms. The highest BCUT2D eigenvalue weighted by Crippen LogP contribution is 2.27. The predicted octanol–water partition coefficient (Wildman–Crippen LogP) is 3.53. The minimum absolute atomic E-state index is 0.273. The summed E-state index contributed by atoms with van der Waals surface area (Å²) < 4.78 is 4.62. The van der Waals surface area contributed by atoms with E-state index in [9.17, 15) is 4.79 Å². The third kappa shape index (κ3) is 3.45. The Morgan fingerprint density at radius 2 is 1.94 bits per heavy atom. The maximum atomic E-state index is 11.1. The van der Waals surface area contributed by atoms with E-state index < -0.39 is 0 Å². The van der Waals surface area contributed by atoms with Gasteiger partial charge in [0, 0.05) is 12.0 Å². The van der Waals surface area contributed by atoms with Crippen LogP contribution >= 0.6 is 0 Å². The van der Waals surface area contributed by atoms with Gasteiger partial charge in [0.05, 0.1) is 7.11 Å². The molecule has 0 amide bonds. The minimum atomic E-state index is -0.297. The number of methoxy groups -OCH3 is 1. The molecule has 2 nitrogen and oxygen atoms in total. The second-order valence-corrected chi connectivity index (χ2v) is 4.20. The van der Waals surface area contributed by atoms with Gasteiger partial charge in [0.2, 0.25) is 0 Å². The van der Waals surface area contributed by atoms with Crippen LogP contribution in [-0.2, 0) is 9.53 Å². The molecule has 92 valence electrons. The van der Waals surface area contributed by atoms with Gasteiger partial charge in [-0.2, -0.15) is 0 Å². The Balaban J connectivity index is 3.02. The first-order valence-electron chi connectivity index (χ1n) is 5.92. The number of aryl methyl sites for hydroxylation is 2. The molecule has 0 aromatic heterocycles. The fraction of sp³-hybridized carbons (Fsp3) is 0.400. The SMILES string of the molecule is CCC(/C=C/C(=O)OC)c1c(C)cccc1C. The zero-order valence-corrected chi connectivity index (χ0v) is 11.0. The molecule has 17 heavy (non-hydrogen) atoms. The summed E-state index contributed by atoms with van der Waals surface area (Å²) in [5.74, 6) is -0.0232. The quantitative estimate of drug-likeness (QED) is 0.586. The molecule has 1 rings (SSSR count). The Morgan fingerprint density at radius 3 is 2.41 bits per heavy atom. The van der Waals surface area contributed by atoms with Crippen LogP contribution in [-0.4, -0.2) is 13.1 Å². The summed E-state index contributed by atoms with van der Waals surface area (Å²) >= 11 is 0. The van der Waals surface area contributed by atoms with Crippen molar-refractivity contribution in [3.05, 3.63) is 47.0 Å². The van der Waals surface area contributed by atoms with E-state index in [4.69, 9.17) is 0 Å². The second-order valence-electron chi connectivity index (χ2n) is 4.20. The summed E-state index contributed by atoms with van der Waals surface area (Å²) in [5, 5.41) is 0. The van der Waals surface area contributed by atoms with Crippen LogP contribution < -0.4 is 0 Å². The highest BCUT2D eigenvalue weighted by molar-refractivity contribution is 5.81.